The first-order valence-corrected chi connectivity index (χ1v) is 10.6. The molecule has 0 unspecified atom stereocenters. The molecule has 0 saturated carbocycles. The van der Waals surface area contributed by atoms with Crippen LogP contribution < -0.4 is 15.4 Å². The van der Waals surface area contributed by atoms with Crippen LogP contribution in [0.3, 0.4) is 0 Å². The van der Waals surface area contributed by atoms with Gasteiger partial charge in [0.05, 0.1) is 6.61 Å². The van der Waals surface area contributed by atoms with E-state index >= 15 is 0 Å². The predicted molar refractivity (Wildman–Crippen MR) is 136 cm³/mol. The molecular weight excluding hydrogens is 505 g/mol. The van der Waals surface area contributed by atoms with Crippen molar-refractivity contribution >= 4 is 29.9 Å². The van der Waals surface area contributed by atoms with Crippen LogP contribution in [0.1, 0.15) is 40.7 Å². The van der Waals surface area contributed by atoms with E-state index in [1.54, 1.807) is 14.2 Å². The number of hydrogen-bond acceptors (Lipinski definition) is 4. The van der Waals surface area contributed by atoms with E-state index < -0.39 is 0 Å². The number of phenolic OH excluding ortho intramolecular Hbond substituents is 1. The van der Waals surface area contributed by atoms with Gasteiger partial charge in [-0.15, -0.1) is 24.0 Å². The summed E-state index contributed by atoms with van der Waals surface area (Å²) >= 11 is 0. The maximum absolute atomic E-state index is 10.4. The van der Waals surface area contributed by atoms with Crippen molar-refractivity contribution in [1.82, 2.24) is 10.6 Å². The van der Waals surface area contributed by atoms with Crippen LogP contribution in [-0.4, -0.2) is 38.4 Å². The summed E-state index contributed by atoms with van der Waals surface area (Å²) in [6, 6.07) is 10.1. The number of nitrogens with one attached hydrogen (secondary N) is 2. The van der Waals surface area contributed by atoms with Gasteiger partial charge in [-0.1, -0.05) is 18.2 Å². The Morgan fingerprint density at radius 2 is 1.84 bits per heavy atom. The lowest BCUT2D eigenvalue weighted by atomic mass is 9.88. The lowest BCUT2D eigenvalue weighted by Crippen LogP contribution is -2.36. The Labute approximate surface area is 202 Å². The zero-order valence-corrected chi connectivity index (χ0v) is 21.0. The summed E-state index contributed by atoms with van der Waals surface area (Å²) < 4.78 is 11.0. The fraction of sp³-hybridized carbons (Fsp3) is 0.458. The molecular formula is C24H34IN3O3. The monoisotopic (exact) mass is 539 g/mol. The van der Waals surface area contributed by atoms with E-state index in [0.717, 1.165) is 35.3 Å². The topological polar surface area (TPSA) is 75.1 Å². The van der Waals surface area contributed by atoms with Gasteiger partial charge in [0.25, 0.3) is 0 Å². The molecule has 170 valence electrons. The SMILES string of the molecule is CN=C(NCc1ccc(C)cc1OCCOC)NCc1c(O)ccc2c1CCCC2.I. The number of methoxy groups -OCH3 is 1. The summed E-state index contributed by atoms with van der Waals surface area (Å²) in [6.07, 6.45) is 4.52. The van der Waals surface area contributed by atoms with E-state index in [9.17, 15) is 5.11 Å². The molecule has 0 amide bonds. The van der Waals surface area contributed by atoms with Gasteiger partial charge in [-0.3, -0.25) is 4.99 Å². The van der Waals surface area contributed by atoms with Crippen molar-refractivity contribution in [2.24, 2.45) is 4.99 Å². The van der Waals surface area contributed by atoms with Crippen molar-refractivity contribution in [3.63, 3.8) is 0 Å². The Morgan fingerprint density at radius 3 is 2.61 bits per heavy atom. The molecule has 0 bridgehead atoms. The Hall–Kier alpha value is -2.00. The van der Waals surface area contributed by atoms with Crippen molar-refractivity contribution in [3.05, 3.63) is 58.1 Å². The number of aliphatic imine (C=N–C) groups is 1. The van der Waals surface area contributed by atoms with Crippen molar-refractivity contribution in [2.75, 3.05) is 27.4 Å². The molecule has 3 N–H and O–H groups in total. The Balaban J connectivity index is 0.00000341. The van der Waals surface area contributed by atoms with E-state index in [0.29, 0.717) is 38.0 Å². The fourth-order valence-corrected chi connectivity index (χ4v) is 3.84. The van der Waals surface area contributed by atoms with Crippen LogP contribution in [0.5, 0.6) is 11.5 Å². The van der Waals surface area contributed by atoms with Gasteiger partial charge in [0.15, 0.2) is 5.96 Å². The van der Waals surface area contributed by atoms with E-state index in [1.807, 2.05) is 19.1 Å². The number of nitrogens with zero attached hydrogens (tertiary/aromatic N) is 1. The Bertz CT molecular complexity index is 887. The number of aryl methyl sites for hydroxylation is 2. The summed E-state index contributed by atoms with van der Waals surface area (Å²) in [5.41, 5.74) is 5.83. The van der Waals surface area contributed by atoms with E-state index in [1.165, 1.54) is 24.0 Å². The van der Waals surface area contributed by atoms with E-state index in [-0.39, 0.29) is 24.0 Å². The minimum absolute atomic E-state index is 0. The molecule has 0 aliphatic heterocycles. The summed E-state index contributed by atoms with van der Waals surface area (Å²) in [4.78, 5) is 4.33. The van der Waals surface area contributed by atoms with Crippen LogP contribution in [0, 0.1) is 6.92 Å². The second-order valence-corrected chi connectivity index (χ2v) is 7.64. The van der Waals surface area contributed by atoms with Crippen LogP contribution in [0.25, 0.3) is 0 Å². The maximum Gasteiger partial charge on any atom is 0.191 e. The highest BCUT2D eigenvalue weighted by Gasteiger charge is 2.16. The van der Waals surface area contributed by atoms with E-state index in [2.05, 4.69) is 33.8 Å². The molecule has 0 aromatic heterocycles. The zero-order valence-electron chi connectivity index (χ0n) is 18.7. The second kappa shape index (κ2) is 12.8. The quantitative estimate of drug-likeness (QED) is 0.204. The van der Waals surface area contributed by atoms with Crippen LogP contribution in [0.4, 0.5) is 0 Å². The number of ether oxygens (including phenoxy) is 2. The summed E-state index contributed by atoms with van der Waals surface area (Å²) in [5.74, 6) is 1.89. The van der Waals surface area contributed by atoms with Gasteiger partial charge in [-0.05, 0) is 61.4 Å². The van der Waals surface area contributed by atoms with Gasteiger partial charge < -0.3 is 25.2 Å². The van der Waals surface area contributed by atoms with Crippen molar-refractivity contribution in [3.8, 4) is 11.5 Å². The maximum atomic E-state index is 10.4. The van der Waals surface area contributed by atoms with Crippen molar-refractivity contribution < 1.29 is 14.6 Å². The van der Waals surface area contributed by atoms with E-state index in [4.69, 9.17) is 9.47 Å². The molecule has 6 nitrogen and oxygen atoms in total. The van der Waals surface area contributed by atoms with Crippen LogP contribution >= 0.6 is 24.0 Å². The van der Waals surface area contributed by atoms with Crippen molar-refractivity contribution in [2.45, 2.75) is 45.7 Å². The highest BCUT2D eigenvalue weighted by atomic mass is 127. The van der Waals surface area contributed by atoms with Gasteiger partial charge in [0, 0.05) is 38.4 Å². The molecule has 7 heteroatoms. The van der Waals surface area contributed by atoms with Gasteiger partial charge >= 0.3 is 0 Å². The molecule has 0 radical (unpaired) electrons. The van der Waals surface area contributed by atoms with Gasteiger partial charge in [0.2, 0.25) is 0 Å². The molecule has 0 atom stereocenters. The third-order valence-electron chi connectivity index (χ3n) is 5.50. The number of benzene rings is 2. The van der Waals surface area contributed by atoms with Crippen molar-refractivity contribution in [1.29, 1.82) is 0 Å². The largest absolute Gasteiger partial charge is 0.508 e. The highest BCUT2D eigenvalue weighted by Crippen LogP contribution is 2.30. The predicted octanol–water partition coefficient (Wildman–Crippen LogP) is 4.09. The van der Waals surface area contributed by atoms with Gasteiger partial charge in [-0.25, -0.2) is 0 Å². The molecule has 3 rings (SSSR count). The fourth-order valence-electron chi connectivity index (χ4n) is 3.84. The number of guanidine groups is 1. The minimum Gasteiger partial charge on any atom is -0.508 e. The lowest BCUT2D eigenvalue weighted by Gasteiger charge is -2.21. The smallest absolute Gasteiger partial charge is 0.191 e. The normalized spacial score (nSPS) is 13.2. The molecule has 2 aromatic carbocycles. The second-order valence-electron chi connectivity index (χ2n) is 7.64. The number of phenols is 1. The van der Waals surface area contributed by atoms with Crippen LogP contribution in [-0.2, 0) is 30.7 Å². The standard InChI is InChI=1S/C24H33N3O3.HI/c1-17-8-9-19(23(14-17)30-13-12-29-3)15-26-24(25-2)27-16-21-20-7-5-4-6-18(20)10-11-22(21)28;/h8-11,14,28H,4-7,12-13,15-16H2,1-3H3,(H2,25,26,27);1H. The third kappa shape index (κ3) is 7.00. The number of aromatic hydroxyl groups is 1. The average Bonchev–Trinajstić information content (AvgIpc) is 2.76. The van der Waals surface area contributed by atoms with Crippen LogP contribution in [0.2, 0.25) is 0 Å². The summed E-state index contributed by atoms with van der Waals surface area (Å²) in [6.45, 7) is 4.24. The molecule has 0 spiro atoms. The number of hydrogen-bond donors (Lipinski definition) is 3. The average molecular weight is 539 g/mol. The molecule has 2 aromatic rings. The Morgan fingerprint density at radius 1 is 1.06 bits per heavy atom. The molecule has 31 heavy (non-hydrogen) atoms. The highest BCUT2D eigenvalue weighted by molar-refractivity contribution is 14.0. The lowest BCUT2D eigenvalue weighted by molar-refractivity contribution is 0.145. The zero-order chi connectivity index (χ0) is 21.3. The molecule has 1 aliphatic carbocycles. The molecule has 0 saturated heterocycles. The molecule has 0 heterocycles. The molecule has 0 fully saturated rings. The third-order valence-corrected chi connectivity index (χ3v) is 5.50. The molecule has 1 aliphatic rings. The summed E-state index contributed by atoms with van der Waals surface area (Å²) in [7, 11) is 3.42. The van der Waals surface area contributed by atoms with Gasteiger partial charge in [-0.2, -0.15) is 0 Å². The first kappa shape index (κ1) is 25.3. The number of fused-ring (bicyclic) bond motifs is 1. The van der Waals surface area contributed by atoms with Gasteiger partial charge in [0.1, 0.15) is 18.1 Å². The number of halogens is 1. The Kier molecular flexibility index (Phi) is 10.4. The summed E-state index contributed by atoms with van der Waals surface area (Å²) in [5, 5.41) is 17.1. The minimum atomic E-state index is 0. The van der Waals surface area contributed by atoms with Crippen LogP contribution in [0.15, 0.2) is 35.3 Å². The number of rotatable bonds is 8. The first-order valence-electron chi connectivity index (χ1n) is 10.6. The first-order chi connectivity index (χ1) is 14.6.